The molecule has 0 bridgehead atoms. The summed E-state index contributed by atoms with van der Waals surface area (Å²) in [4.78, 5) is 25.1. The third-order valence-electron chi connectivity index (χ3n) is 4.92. The van der Waals surface area contributed by atoms with E-state index in [1.807, 2.05) is 25.1 Å². The van der Waals surface area contributed by atoms with E-state index in [4.69, 9.17) is 9.92 Å². The fourth-order valence-electron chi connectivity index (χ4n) is 3.39. The first kappa shape index (κ1) is 22.9. The minimum atomic E-state index is -3.84. The van der Waals surface area contributed by atoms with Crippen LogP contribution in [-0.2, 0) is 10.1 Å². The zero-order valence-corrected chi connectivity index (χ0v) is 19.2. The number of benzene rings is 2. The van der Waals surface area contributed by atoms with Crippen LogP contribution < -0.4 is 15.2 Å². The van der Waals surface area contributed by atoms with Gasteiger partial charge >= 0.3 is 10.1 Å². The first-order valence-electron chi connectivity index (χ1n) is 10.1. The van der Waals surface area contributed by atoms with Crippen molar-refractivity contribution in [2.45, 2.75) is 6.92 Å². The maximum Gasteiger partial charge on any atom is 0.306 e. The molecule has 0 fully saturated rings. The van der Waals surface area contributed by atoms with E-state index in [2.05, 4.69) is 20.3 Å². The lowest BCUT2D eigenvalue weighted by Gasteiger charge is -2.16. The SMILES string of the molecule is Cc1ccc(-c2c(OS(C)(=O)=O)cccc2C(N)=O)cc1Nc1nccc(-c2cccnc2)n1. The number of amides is 1. The molecule has 2 aromatic heterocycles. The van der Waals surface area contributed by atoms with Crippen molar-refractivity contribution in [2.24, 2.45) is 5.73 Å². The van der Waals surface area contributed by atoms with Gasteiger partial charge in [0, 0.05) is 35.4 Å². The normalized spacial score (nSPS) is 11.1. The largest absolute Gasteiger partial charge is 0.382 e. The van der Waals surface area contributed by atoms with E-state index in [9.17, 15) is 13.2 Å². The highest BCUT2D eigenvalue weighted by Gasteiger charge is 2.19. The topological polar surface area (TPSA) is 137 Å². The molecule has 0 aliphatic carbocycles. The van der Waals surface area contributed by atoms with Gasteiger partial charge in [-0.05, 0) is 54.4 Å². The van der Waals surface area contributed by atoms with Crippen LogP contribution in [0, 0.1) is 6.92 Å². The van der Waals surface area contributed by atoms with Gasteiger partial charge in [0.05, 0.1) is 17.5 Å². The molecule has 34 heavy (non-hydrogen) atoms. The summed E-state index contributed by atoms with van der Waals surface area (Å²) >= 11 is 0. The Labute approximate surface area is 196 Å². The number of aromatic nitrogens is 3. The summed E-state index contributed by atoms with van der Waals surface area (Å²) in [6.07, 6.45) is 5.96. The predicted molar refractivity (Wildman–Crippen MR) is 129 cm³/mol. The maximum absolute atomic E-state index is 12.1. The zero-order chi connectivity index (χ0) is 24.3. The maximum atomic E-state index is 12.1. The number of carbonyl (C=O) groups excluding carboxylic acids is 1. The zero-order valence-electron chi connectivity index (χ0n) is 18.4. The van der Waals surface area contributed by atoms with E-state index in [-0.39, 0.29) is 16.9 Å². The highest BCUT2D eigenvalue weighted by atomic mass is 32.2. The number of hydrogen-bond donors (Lipinski definition) is 2. The van der Waals surface area contributed by atoms with Crippen LogP contribution in [0.15, 0.2) is 73.2 Å². The van der Waals surface area contributed by atoms with Gasteiger partial charge in [0.2, 0.25) is 11.9 Å². The summed E-state index contributed by atoms with van der Waals surface area (Å²) in [7, 11) is -3.84. The molecule has 0 radical (unpaired) electrons. The molecule has 172 valence electrons. The molecule has 0 aliphatic rings. The summed E-state index contributed by atoms with van der Waals surface area (Å²) in [6.45, 7) is 1.89. The molecule has 3 N–H and O–H groups in total. The highest BCUT2D eigenvalue weighted by Crippen LogP contribution is 2.36. The summed E-state index contributed by atoms with van der Waals surface area (Å²) in [5.74, 6) is -0.350. The van der Waals surface area contributed by atoms with Gasteiger partial charge in [0.1, 0.15) is 0 Å². The van der Waals surface area contributed by atoms with E-state index in [0.717, 1.165) is 17.4 Å². The van der Waals surface area contributed by atoms with Crippen LogP contribution in [0.25, 0.3) is 22.4 Å². The van der Waals surface area contributed by atoms with Gasteiger partial charge in [-0.1, -0.05) is 18.2 Å². The van der Waals surface area contributed by atoms with Crippen LogP contribution in [-0.4, -0.2) is 35.5 Å². The van der Waals surface area contributed by atoms with Crippen LogP contribution in [0.4, 0.5) is 11.6 Å². The Hall–Kier alpha value is -4.31. The van der Waals surface area contributed by atoms with Crippen molar-refractivity contribution in [2.75, 3.05) is 11.6 Å². The molecular weight excluding hydrogens is 454 g/mol. The average Bonchev–Trinajstić information content (AvgIpc) is 2.80. The second kappa shape index (κ2) is 9.28. The van der Waals surface area contributed by atoms with E-state index >= 15 is 0 Å². The lowest BCUT2D eigenvalue weighted by Crippen LogP contribution is -2.14. The smallest absolute Gasteiger partial charge is 0.306 e. The fourth-order valence-corrected chi connectivity index (χ4v) is 3.86. The number of nitrogens with one attached hydrogen (secondary N) is 1. The van der Waals surface area contributed by atoms with Gasteiger partial charge in [-0.15, -0.1) is 0 Å². The molecular formula is C24H21N5O4S. The molecule has 2 heterocycles. The first-order chi connectivity index (χ1) is 16.2. The standard InChI is InChI=1S/C24H21N5O4S/c1-15-8-9-16(22-18(23(25)30)6-3-7-21(22)33-34(2,31)32)13-20(15)29-24-27-12-10-19(28-24)17-5-4-11-26-14-17/h3-14H,1-2H3,(H2,25,30)(H,27,28,29). The Morgan fingerprint density at radius 3 is 2.56 bits per heavy atom. The van der Waals surface area contributed by atoms with Gasteiger partial charge < -0.3 is 15.2 Å². The van der Waals surface area contributed by atoms with Crippen molar-refractivity contribution in [1.29, 1.82) is 0 Å². The highest BCUT2D eigenvalue weighted by molar-refractivity contribution is 7.86. The lowest BCUT2D eigenvalue weighted by molar-refractivity contribution is 0.100. The Morgan fingerprint density at radius 1 is 1.03 bits per heavy atom. The van der Waals surface area contributed by atoms with Crippen LogP contribution in [0.3, 0.4) is 0 Å². The molecule has 4 rings (SSSR count). The van der Waals surface area contributed by atoms with Gasteiger partial charge in [-0.3, -0.25) is 9.78 Å². The van der Waals surface area contributed by atoms with Crippen LogP contribution >= 0.6 is 0 Å². The summed E-state index contributed by atoms with van der Waals surface area (Å²) in [5.41, 5.74) is 9.57. The lowest BCUT2D eigenvalue weighted by atomic mass is 9.96. The summed E-state index contributed by atoms with van der Waals surface area (Å²) in [5, 5.41) is 3.19. The number of pyridine rings is 1. The first-order valence-corrected chi connectivity index (χ1v) is 12.0. The molecule has 4 aromatic rings. The minimum Gasteiger partial charge on any atom is -0.382 e. The van der Waals surface area contributed by atoms with Crippen molar-refractivity contribution in [1.82, 2.24) is 15.0 Å². The van der Waals surface area contributed by atoms with Gasteiger partial charge in [-0.25, -0.2) is 9.97 Å². The number of primary amides is 1. The quantitative estimate of drug-likeness (QED) is 0.386. The number of carbonyl (C=O) groups is 1. The molecule has 0 spiro atoms. The third kappa shape index (κ3) is 5.18. The van der Waals surface area contributed by atoms with Crippen molar-refractivity contribution < 1.29 is 17.4 Å². The van der Waals surface area contributed by atoms with Crippen molar-refractivity contribution in [3.05, 3.63) is 84.3 Å². The van der Waals surface area contributed by atoms with Crippen molar-refractivity contribution >= 4 is 27.7 Å². The number of hydrogen-bond acceptors (Lipinski definition) is 8. The summed E-state index contributed by atoms with van der Waals surface area (Å²) in [6, 6.07) is 15.3. The Kier molecular flexibility index (Phi) is 6.24. The van der Waals surface area contributed by atoms with E-state index in [0.29, 0.717) is 22.9 Å². The molecule has 0 saturated heterocycles. The van der Waals surface area contributed by atoms with Crippen molar-refractivity contribution in [3.8, 4) is 28.1 Å². The van der Waals surface area contributed by atoms with Gasteiger partial charge in [0.15, 0.2) is 5.75 Å². The molecule has 0 aliphatic heterocycles. The van der Waals surface area contributed by atoms with E-state index in [1.165, 1.54) is 18.2 Å². The molecule has 0 saturated carbocycles. The number of nitrogens with two attached hydrogens (primary N) is 1. The second-order valence-electron chi connectivity index (χ2n) is 7.49. The number of rotatable bonds is 7. The number of aryl methyl sites for hydroxylation is 1. The summed E-state index contributed by atoms with van der Waals surface area (Å²) < 4.78 is 28.8. The van der Waals surface area contributed by atoms with E-state index in [1.54, 1.807) is 36.8 Å². The Bertz CT molecular complexity index is 1470. The molecule has 9 nitrogen and oxygen atoms in total. The monoisotopic (exact) mass is 475 g/mol. The Balaban J connectivity index is 1.77. The second-order valence-corrected chi connectivity index (χ2v) is 9.07. The van der Waals surface area contributed by atoms with Gasteiger partial charge in [-0.2, -0.15) is 8.42 Å². The van der Waals surface area contributed by atoms with Crippen LogP contribution in [0.1, 0.15) is 15.9 Å². The fraction of sp³-hybridized carbons (Fsp3) is 0.0833. The number of nitrogens with zero attached hydrogens (tertiary/aromatic N) is 3. The number of anilines is 2. The average molecular weight is 476 g/mol. The molecule has 10 heteroatoms. The molecule has 0 atom stereocenters. The minimum absolute atomic E-state index is 0.00317. The molecule has 1 amide bonds. The third-order valence-corrected chi connectivity index (χ3v) is 5.40. The van der Waals surface area contributed by atoms with Crippen LogP contribution in [0.5, 0.6) is 5.75 Å². The Morgan fingerprint density at radius 2 is 1.85 bits per heavy atom. The molecule has 2 aromatic carbocycles. The predicted octanol–water partition coefficient (Wildman–Crippen LogP) is 3.69. The van der Waals surface area contributed by atoms with Crippen molar-refractivity contribution in [3.63, 3.8) is 0 Å². The van der Waals surface area contributed by atoms with E-state index < -0.39 is 16.0 Å². The molecule has 0 unspecified atom stereocenters. The van der Waals surface area contributed by atoms with Crippen LogP contribution in [0.2, 0.25) is 0 Å². The van der Waals surface area contributed by atoms with Gasteiger partial charge in [0.25, 0.3) is 0 Å².